The topological polar surface area (TPSA) is 34.1 Å². The van der Waals surface area contributed by atoms with Crippen LogP contribution >= 0.6 is 48.0 Å². The van der Waals surface area contributed by atoms with Crippen molar-refractivity contribution in [3.63, 3.8) is 0 Å². The summed E-state index contributed by atoms with van der Waals surface area (Å²) in [6, 6.07) is 0. The molecule has 0 N–H and O–H groups in total. The molecular formula is C2H2Cl4O2Pt. The van der Waals surface area contributed by atoms with Gasteiger partial charge in [0.2, 0.25) is 0 Å². The molecule has 0 aromatic heterocycles. The van der Waals surface area contributed by atoms with E-state index in [-0.39, 0.29) is 24.8 Å². The van der Waals surface area contributed by atoms with Crippen LogP contribution in [0.3, 0.4) is 0 Å². The number of rotatable bonds is 2. The van der Waals surface area contributed by atoms with Crippen molar-refractivity contribution < 1.29 is 28.2 Å². The monoisotopic (exact) mass is 393 g/mol. The molecule has 0 spiro atoms. The SMILES string of the molecule is Cl.Cl.O=[C](Cl)[Pt][C](=O)Cl. The summed E-state index contributed by atoms with van der Waals surface area (Å²) >= 11 is 8.31. The Morgan fingerprint density at radius 2 is 1.22 bits per heavy atom. The molecule has 0 atom stereocenters. The molecule has 0 radical (unpaired) electrons. The fourth-order valence-corrected chi connectivity index (χ4v) is 1.54. The predicted octanol–water partition coefficient (Wildman–Crippen LogP) is 2.63. The molecule has 9 heavy (non-hydrogen) atoms. The third-order valence-corrected chi connectivity index (χ3v) is 2.00. The van der Waals surface area contributed by atoms with Gasteiger partial charge in [-0.05, 0) is 0 Å². The van der Waals surface area contributed by atoms with E-state index in [9.17, 15) is 9.59 Å². The second-order valence-corrected chi connectivity index (χ2v) is 5.10. The fourth-order valence-electron chi connectivity index (χ4n) is 0.0489. The van der Waals surface area contributed by atoms with Crippen LogP contribution in [-0.4, -0.2) is 7.26 Å². The van der Waals surface area contributed by atoms with Crippen LogP contribution in [0.4, 0.5) is 9.59 Å². The second kappa shape index (κ2) is 9.19. The summed E-state index contributed by atoms with van der Waals surface area (Å²) in [4.78, 5) is 19.5. The first-order chi connectivity index (χ1) is 3.13. The van der Waals surface area contributed by atoms with Crippen molar-refractivity contribution in [3.8, 4) is 0 Å². The van der Waals surface area contributed by atoms with Crippen LogP contribution in [-0.2, 0) is 18.6 Å². The van der Waals surface area contributed by atoms with Gasteiger partial charge in [0.25, 0.3) is 0 Å². The molecule has 0 aromatic rings. The summed E-state index contributed by atoms with van der Waals surface area (Å²) in [6.45, 7) is 0. The third-order valence-electron chi connectivity index (χ3n) is 0.124. The minimum atomic E-state index is -1.25. The molecule has 0 bridgehead atoms. The van der Waals surface area contributed by atoms with Crippen LogP contribution in [0.2, 0.25) is 0 Å². The van der Waals surface area contributed by atoms with E-state index in [0.29, 0.717) is 0 Å². The van der Waals surface area contributed by atoms with Gasteiger partial charge in [-0.25, -0.2) is 0 Å². The summed E-state index contributed by atoms with van der Waals surface area (Å²) < 4.78 is -1.22. The van der Waals surface area contributed by atoms with Gasteiger partial charge in [0.1, 0.15) is 0 Å². The van der Waals surface area contributed by atoms with Gasteiger partial charge in [0.05, 0.1) is 0 Å². The standard InChI is InChI=1S/2CClO.2ClH.Pt/c2*2-1-3;;;/h;;2*1H;. The third kappa shape index (κ3) is 17.6. The Hall–Kier alpha value is 1.19. The van der Waals surface area contributed by atoms with Gasteiger partial charge in [-0.15, -0.1) is 24.8 Å². The molecule has 0 aromatic carbocycles. The van der Waals surface area contributed by atoms with Gasteiger partial charge < -0.3 is 0 Å². The Labute approximate surface area is 83.0 Å². The zero-order valence-electron chi connectivity index (χ0n) is 3.71. The molecular weight excluding hydrogens is 393 g/mol. The fraction of sp³-hybridized carbons (Fsp3) is 0. The molecule has 0 aliphatic heterocycles. The molecule has 2 nitrogen and oxygen atoms in total. The Bertz CT molecular complexity index is 92.7. The molecule has 0 aliphatic carbocycles. The zero-order chi connectivity index (χ0) is 5.86. The molecule has 0 saturated heterocycles. The van der Waals surface area contributed by atoms with E-state index in [4.69, 9.17) is 23.2 Å². The van der Waals surface area contributed by atoms with E-state index >= 15 is 0 Å². The van der Waals surface area contributed by atoms with Crippen LogP contribution in [0.1, 0.15) is 0 Å². The van der Waals surface area contributed by atoms with E-state index in [2.05, 4.69) is 0 Å². The molecule has 0 amide bonds. The molecule has 7 heteroatoms. The first kappa shape index (κ1) is 16.6. The van der Waals surface area contributed by atoms with Crippen LogP contribution in [0.15, 0.2) is 0 Å². The average molecular weight is 395 g/mol. The van der Waals surface area contributed by atoms with Crippen molar-refractivity contribution in [1.29, 1.82) is 0 Å². The summed E-state index contributed by atoms with van der Waals surface area (Å²) in [5.41, 5.74) is 0. The van der Waals surface area contributed by atoms with Gasteiger partial charge in [0.15, 0.2) is 0 Å². The summed E-state index contributed by atoms with van der Waals surface area (Å²) in [6.07, 6.45) is 0. The van der Waals surface area contributed by atoms with Crippen molar-refractivity contribution in [2.75, 3.05) is 0 Å². The molecule has 0 heterocycles. The normalized spacial score (nSPS) is 6.89. The van der Waals surface area contributed by atoms with Gasteiger partial charge in [0, 0.05) is 0 Å². The number of hydrogen-bond acceptors (Lipinski definition) is 2. The van der Waals surface area contributed by atoms with Crippen molar-refractivity contribution in [3.05, 3.63) is 0 Å². The molecule has 0 rings (SSSR count). The van der Waals surface area contributed by atoms with E-state index in [1.54, 1.807) is 0 Å². The molecule has 60 valence electrons. The molecule has 0 aliphatic rings. The average Bonchev–Trinajstić information content (AvgIpc) is 1.27. The van der Waals surface area contributed by atoms with Crippen LogP contribution in [0.5, 0.6) is 0 Å². The predicted molar refractivity (Wildman–Crippen MR) is 37.0 cm³/mol. The number of hydrogen-bond donors (Lipinski definition) is 0. The molecule has 0 saturated carbocycles. The number of carbonyl (C=O) groups excluding carboxylic acids is 2. The Morgan fingerprint density at radius 3 is 1.22 bits per heavy atom. The van der Waals surface area contributed by atoms with Gasteiger partial charge in [-0.2, -0.15) is 0 Å². The van der Waals surface area contributed by atoms with E-state index in [1.807, 2.05) is 0 Å². The Morgan fingerprint density at radius 1 is 1.00 bits per heavy atom. The maximum atomic E-state index is 9.76. The van der Waals surface area contributed by atoms with Crippen molar-refractivity contribution in [2.24, 2.45) is 0 Å². The van der Waals surface area contributed by atoms with Crippen LogP contribution in [0, 0.1) is 0 Å². The van der Waals surface area contributed by atoms with Gasteiger partial charge in [-0.3, -0.25) is 0 Å². The summed E-state index contributed by atoms with van der Waals surface area (Å²) in [5.74, 6) is 0. The quantitative estimate of drug-likeness (QED) is 0.675. The van der Waals surface area contributed by atoms with Gasteiger partial charge >= 0.3 is 58.6 Å². The van der Waals surface area contributed by atoms with Crippen molar-refractivity contribution >= 4 is 55.3 Å². The number of carbonyl (C=O) groups is 2. The summed E-state index contributed by atoms with van der Waals surface area (Å²) in [7, 11) is 0. The zero-order valence-corrected chi connectivity index (χ0v) is 9.12. The second-order valence-electron chi connectivity index (χ2n) is 0.482. The van der Waals surface area contributed by atoms with E-state index in [1.165, 1.54) is 0 Å². The van der Waals surface area contributed by atoms with E-state index < -0.39 is 25.8 Å². The van der Waals surface area contributed by atoms with Crippen molar-refractivity contribution in [1.82, 2.24) is 0 Å². The van der Waals surface area contributed by atoms with Crippen LogP contribution in [0.25, 0.3) is 0 Å². The number of halogens is 4. The summed E-state index contributed by atoms with van der Waals surface area (Å²) in [5, 5.41) is 0. The first-order valence-electron chi connectivity index (χ1n) is 1.10. The maximum absolute atomic E-state index is 9.76. The van der Waals surface area contributed by atoms with Crippen LogP contribution < -0.4 is 0 Å². The first-order valence-corrected chi connectivity index (χ1v) is 4.13. The van der Waals surface area contributed by atoms with Crippen molar-refractivity contribution in [2.45, 2.75) is 0 Å². The molecule has 0 fully saturated rings. The Kier molecular flexibility index (Phi) is 17.0. The Balaban J connectivity index is -0.000000180. The molecule has 0 unspecified atom stereocenters. The van der Waals surface area contributed by atoms with Gasteiger partial charge in [-0.1, -0.05) is 0 Å². The minimum absolute atomic E-state index is 0. The van der Waals surface area contributed by atoms with E-state index in [0.717, 1.165) is 0 Å².